The molecule has 0 saturated heterocycles. The Labute approximate surface area is 123 Å². The van der Waals surface area contributed by atoms with Crippen molar-refractivity contribution in [3.8, 4) is 0 Å². The Bertz CT molecular complexity index is 593. The van der Waals surface area contributed by atoms with Crippen molar-refractivity contribution in [3.63, 3.8) is 0 Å². The summed E-state index contributed by atoms with van der Waals surface area (Å²) in [6.07, 6.45) is 0. The molecule has 0 aliphatic carbocycles. The Morgan fingerprint density at radius 3 is 2.33 bits per heavy atom. The first-order chi connectivity index (χ1) is 10.1. The highest BCUT2D eigenvalue weighted by molar-refractivity contribution is 5.77. The van der Waals surface area contributed by atoms with Gasteiger partial charge in [0.25, 0.3) is 0 Å². The summed E-state index contributed by atoms with van der Waals surface area (Å²) in [7, 11) is 1.34. The zero-order valence-corrected chi connectivity index (χ0v) is 12.1. The van der Waals surface area contributed by atoms with Crippen molar-refractivity contribution < 1.29 is 13.9 Å². The van der Waals surface area contributed by atoms with Crippen LogP contribution in [0.2, 0.25) is 0 Å². The lowest BCUT2D eigenvalue weighted by Gasteiger charge is -2.17. The second-order valence-corrected chi connectivity index (χ2v) is 4.87. The standard InChI is InChI=1S/C17H18FNO2/c1-12-3-5-13(6-4-12)11-19-16(17(20)21-2)14-7-9-15(18)10-8-14/h3-10,16,19H,11H2,1-2H3. The molecule has 2 rings (SSSR count). The second-order valence-electron chi connectivity index (χ2n) is 4.87. The summed E-state index contributed by atoms with van der Waals surface area (Å²) >= 11 is 0. The Hall–Kier alpha value is -2.20. The number of carbonyl (C=O) groups is 1. The van der Waals surface area contributed by atoms with Gasteiger partial charge in [-0.05, 0) is 30.2 Å². The van der Waals surface area contributed by atoms with E-state index in [1.165, 1.54) is 24.8 Å². The maximum absolute atomic E-state index is 13.0. The molecule has 0 aliphatic rings. The first-order valence-electron chi connectivity index (χ1n) is 6.72. The molecule has 0 fully saturated rings. The SMILES string of the molecule is COC(=O)C(NCc1ccc(C)cc1)c1ccc(F)cc1. The van der Waals surface area contributed by atoms with E-state index in [2.05, 4.69) is 5.32 Å². The summed E-state index contributed by atoms with van der Waals surface area (Å²) < 4.78 is 17.8. The number of rotatable bonds is 5. The number of benzene rings is 2. The fourth-order valence-corrected chi connectivity index (χ4v) is 2.04. The molecule has 3 nitrogen and oxygen atoms in total. The first kappa shape index (κ1) is 15.2. The molecular weight excluding hydrogens is 269 g/mol. The van der Waals surface area contributed by atoms with Crippen molar-refractivity contribution in [2.24, 2.45) is 0 Å². The van der Waals surface area contributed by atoms with Gasteiger partial charge in [0, 0.05) is 6.54 Å². The number of ether oxygens (including phenoxy) is 1. The molecule has 0 radical (unpaired) electrons. The summed E-state index contributed by atoms with van der Waals surface area (Å²) in [5.41, 5.74) is 2.92. The Kier molecular flexibility index (Phi) is 5.06. The highest BCUT2D eigenvalue weighted by Gasteiger charge is 2.20. The second kappa shape index (κ2) is 6.99. The van der Waals surface area contributed by atoms with Gasteiger partial charge in [-0.15, -0.1) is 0 Å². The Morgan fingerprint density at radius 2 is 1.76 bits per heavy atom. The molecule has 4 heteroatoms. The predicted octanol–water partition coefficient (Wildman–Crippen LogP) is 3.14. The third kappa shape index (κ3) is 4.13. The Balaban J connectivity index is 2.11. The van der Waals surface area contributed by atoms with Gasteiger partial charge in [0.2, 0.25) is 0 Å². The first-order valence-corrected chi connectivity index (χ1v) is 6.72. The van der Waals surface area contributed by atoms with E-state index in [1.54, 1.807) is 12.1 Å². The lowest BCUT2D eigenvalue weighted by atomic mass is 10.1. The summed E-state index contributed by atoms with van der Waals surface area (Å²) in [6, 6.07) is 13.2. The maximum atomic E-state index is 13.0. The van der Waals surface area contributed by atoms with E-state index < -0.39 is 12.0 Å². The van der Waals surface area contributed by atoms with Gasteiger partial charge in [-0.1, -0.05) is 42.0 Å². The van der Waals surface area contributed by atoms with E-state index in [1.807, 2.05) is 31.2 Å². The zero-order valence-electron chi connectivity index (χ0n) is 12.1. The molecule has 0 aliphatic heterocycles. The molecule has 0 saturated carbocycles. The van der Waals surface area contributed by atoms with Crippen LogP contribution in [0.3, 0.4) is 0 Å². The zero-order chi connectivity index (χ0) is 15.2. The molecule has 110 valence electrons. The van der Waals surface area contributed by atoms with Crippen LogP contribution in [0.1, 0.15) is 22.7 Å². The smallest absolute Gasteiger partial charge is 0.327 e. The van der Waals surface area contributed by atoms with Crippen molar-refractivity contribution in [2.75, 3.05) is 7.11 Å². The van der Waals surface area contributed by atoms with Crippen LogP contribution in [-0.2, 0) is 16.1 Å². The van der Waals surface area contributed by atoms with Crippen LogP contribution in [0, 0.1) is 12.7 Å². The Morgan fingerprint density at radius 1 is 1.14 bits per heavy atom. The van der Waals surface area contributed by atoms with Crippen LogP contribution >= 0.6 is 0 Å². The van der Waals surface area contributed by atoms with Crippen molar-refractivity contribution in [3.05, 3.63) is 71.0 Å². The quantitative estimate of drug-likeness (QED) is 0.859. The van der Waals surface area contributed by atoms with Crippen LogP contribution in [0.4, 0.5) is 4.39 Å². The van der Waals surface area contributed by atoms with E-state index in [9.17, 15) is 9.18 Å². The highest BCUT2D eigenvalue weighted by atomic mass is 19.1. The molecule has 0 spiro atoms. The number of halogens is 1. The summed E-state index contributed by atoms with van der Waals surface area (Å²) in [5, 5.41) is 3.14. The molecule has 1 N–H and O–H groups in total. The van der Waals surface area contributed by atoms with Crippen molar-refractivity contribution in [1.82, 2.24) is 5.32 Å². The van der Waals surface area contributed by atoms with Crippen LogP contribution in [0.5, 0.6) is 0 Å². The van der Waals surface area contributed by atoms with Gasteiger partial charge in [-0.2, -0.15) is 0 Å². The van der Waals surface area contributed by atoms with Crippen molar-refractivity contribution in [1.29, 1.82) is 0 Å². The lowest BCUT2D eigenvalue weighted by Crippen LogP contribution is -2.29. The van der Waals surface area contributed by atoms with Crippen LogP contribution in [0.15, 0.2) is 48.5 Å². The minimum Gasteiger partial charge on any atom is -0.468 e. The van der Waals surface area contributed by atoms with Crippen LogP contribution in [-0.4, -0.2) is 13.1 Å². The van der Waals surface area contributed by atoms with Gasteiger partial charge in [-0.25, -0.2) is 9.18 Å². The number of carbonyl (C=O) groups excluding carboxylic acids is 1. The minimum absolute atomic E-state index is 0.332. The van der Waals surface area contributed by atoms with Gasteiger partial charge >= 0.3 is 5.97 Å². The third-order valence-corrected chi connectivity index (χ3v) is 3.27. The van der Waals surface area contributed by atoms with Gasteiger partial charge < -0.3 is 4.74 Å². The van der Waals surface area contributed by atoms with E-state index in [-0.39, 0.29) is 5.82 Å². The van der Waals surface area contributed by atoms with Gasteiger partial charge in [0.1, 0.15) is 11.9 Å². The van der Waals surface area contributed by atoms with Gasteiger partial charge in [0.05, 0.1) is 7.11 Å². The number of methoxy groups -OCH3 is 1. The van der Waals surface area contributed by atoms with E-state index in [0.29, 0.717) is 12.1 Å². The largest absolute Gasteiger partial charge is 0.468 e. The highest BCUT2D eigenvalue weighted by Crippen LogP contribution is 2.16. The topological polar surface area (TPSA) is 38.3 Å². The summed E-state index contributed by atoms with van der Waals surface area (Å²) in [5.74, 6) is -0.727. The fraction of sp³-hybridized carbons (Fsp3) is 0.235. The number of esters is 1. The molecule has 1 unspecified atom stereocenters. The third-order valence-electron chi connectivity index (χ3n) is 3.27. The van der Waals surface area contributed by atoms with Gasteiger partial charge in [-0.3, -0.25) is 5.32 Å². The predicted molar refractivity (Wildman–Crippen MR) is 79.2 cm³/mol. The molecule has 0 heterocycles. The summed E-state index contributed by atoms with van der Waals surface area (Å²) in [4.78, 5) is 11.9. The molecule has 1 atom stereocenters. The average Bonchev–Trinajstić information content (AvgIpc) is 2.50. The van der Waals surface area contributed by atoms with E-state index in [0.717, 1.165) is 5.56 Å². The molecule has 0 aromatic heterocycles. The number of nitrogens with one attached hydrogen (secondary N) is 1. The van der Waals surface area contributed by atoms with Crippen LogP contribution in [0.25, 0.3) is 0 Å². The molecular formula is C17H18FNO2. The average molecular weight is 287 g/mol. The van der Waals surface area contributed by atoms with E-state index in [4.69, 9.17) is 4.74 Å². The van der Waals surface area contributed by atoms with Crippen molar-refractivity contribution in [2.45, 2.75) is 19.5 Å². The fourth-order valence-electron chi connectivity index (χ4n) is 2.04. The van der Waals surface area contributed by atoms with E-state index >= 15 is 0 Å². The summed E-state index contributed by atoms with van der Waals surface area (Å²) in [6.45, 7) is 2.55. The molecule has 2 aromatic carbocycles. The van der Waals surface area contributed by atoms with Crippen molar-refractivity contribution >= 4 is 5.97 Å². The number of hydrogen-bond donors (Lipinski definition) is 1. The maximum Gasteiger partial charge on any atom is 0.327 e. The minimum atomic E-state index is -0.614. The molecule has 0 bridgehead atoms. The normalized spacial score (nSPS) is 12.0. The van der Waals surface area contributed by atoms with Crippen LogP contribution < -0.4 is 5.32 Å². The monoisotopic (exact) mass is 287 g/mol. The number of hydrogen-bond acceptors (Lipinski definition) is 3. The number of aryl methyl sites for hydroxylation is 1. The molecule has 21 heavy (non-hydrogen) atoms. The molecule has 0 amide bonds. The van der Waals surface area contributed by atoms with Gasteiger partial charge in [0.15, 0.2) is 0 Å². The lowest BCUT2D eigenvalue weighted by molar-refractivity contribution is -0.143. The molecule has 2 aromatic rings.